The van der Waals surface area contributed by atoms with E-state index in [0.29, 0.717) is 0 Å². The first-order valence-electron chi connectivity index (χ1n) is 1.86. The first-order valence-corrected chi connectivity index (χ1v) is 4.44. The average Bonchev–Trinajstić information content (AvgIpc) is 1.30. The van der Waals surface area contributed by atoms with Gasteiger partial charge in [-0.3, -0.25) is 0 Å². The molecular weight excluding hydrogens is 110 g/mol. The predicted octanol–water partition coefficient (Wildman–Crippen LogP) is 1.05. The molecule has 0 bridgehead atoms. The molecule has 0 aliphatic heterocycles. The van der Waals surface area contributed by atoms with Gasteiger partial charge in [-0.05, 0) is 12.5 Å². The lowest BCUT2D eigenvalue weighted by atomic mass is 10.9. The third kappa shape index (κ3) is 5.80. The molecule has 0 rings (SSSR count). The maximum absolute atomic E-state index is 8.88. The van der Waals surface area contributed by atoms with Crippen LogP contribution in [0.4, 0.5) is 0 Å². The van der Waals surface area contributed by atoms with Crippen LogP contribution >= 0.6 is 10.3 Å². The van der Waals surface area contributed by atoms with E-state index in [1.165, 1.54) is 0 Å². The molecule has 7 heavy (non-hydrogen) atoms. The van der Waals surface area contributed by atoms with E-state index in [1.807, 2.05) is 6.07 Å². The summed E-state index contributed by atoms with van der Waals surface area (Å²) in [6, 6.07) is 1.89. The third-order valence-electron chi connectivity index (χ3n) is 0.418. The highest BCUT2D eigenvalue weighted by atomic mass is 32.3. The van der Waals surface area contributed by atoms with Crippen molar-refractivity contribution in [2.75, 3.05) is 18.3 Å². The van der Waals surface area contributed by atoms with Crippen molar-refractivity contribution in [3.8, 4) is 6.07 Å². The van der Waals surface area contributed by atoms with Crippen LogP contribution in [0.1, 0.15) is 0 Å². The summed E-state index contributed by atoms with van der Waals surface area (Å²) >= 11 is 0. The number of hydrogen-bond acceptors (Lipinski definition) is 2. The zero-order valence-electron chi connectivity index (χ0n) is 4.51. The van der Waals surface area contributed by atoms with Crippen LogP contribution in [-0.4, -0.2) is 22.8 Å². The van der Waals surface area contributed by atoms with Crippen molar-refractivity contribution in [3.63, 3.8) is 0 Å². The Morgan fingerprint density at radius 3 is 2.14 bits per heavy atom. The minimum absolute atomic E-state index is 0.285. The normalized spacial score (nSPS) is 12.9. The second-order valence-electron chi connectivity index (χ2n) is 1.78. The maximum Gasteiger partial charge on any atom is 0.0856 e. The van der Waals surface area contributed by atoms with Crippen molar-refractivity contribution in [1.82, 2.24) is 0 Å². The van der Waals surface area contributed by atoms with Gasteiger partial charge in [-0.15, -0.1) is 10.3 Å². The van der Waals surface area contributed by atoms with Crippen LogP contribution in [0.2, 0.25) is 0 Å². The topological polar surface area (TPSA) is 44.0 Å². The van der Waals surface area contributed by atoms with E-state index < -0.39 is 10.3 Å². The second kappa shape index (κ2) is 2.20. The van der Waals surface area contributed by atoms with Gasteiger partial charge in [0.25, 0.3) is 0 Å². The fourth-order valence-electron chi connectivity index (χ4n) is 0.158. The quantitative estimate of drug-likeness (QED) is 0.560. The smallest absolute Gasteiger partial charge is 0.0856 e. The fraction of sp³-hybridized carbons (Fsp3) is 0.750. The fourth-order valence-corrected chi connectivity index (χ4v) is 0.474. The van der Waals surface area contributed by atoms with E-state index in [0.717, 1.165) is 0 Å². The lowest BCUT2D eigenvalue weighted by Gasteiger charge is -2.17. The number of nitrogens with zero attached hydrogens (tertiary/aromatic N) is 1. The van der Waals surface area contributed by atoms with Crippen molar-refractivity contribution in [1.29, 1.82) is 5.26 Å². The van der Waals surface area contributed by atoms with Gasteiger partial charge in [-0.25, -0.2) is 0 Å². The molecule has 0 saturated heterocycles. The molecule has 0 aromatic carbocycles. The van der Waals surface area contributed by atoms with Crippen LogP contribution in [-0.2, 0) is 0 Å². The molecule has 0 aliphatic rings. The molecule has 0 unspecified atom stereocenters. The molecular formula is C4H9NOS. The van der Waals surface area contributed by atoms with Gasteiger partial charge in [0.15, 0.2) is 0 Å². The molecule has 0 atom stereocenters. The molecule has 0 radical (unpaired) electrons. The second-order valence-corrected chi connectivity index (χ2v) is 5.03. The zero-order valence-corrected chi connectivity index (χ0v) is 5.33. The summed E-state index contributed by atoms with van der Waals surface area (Å²) < 4.78 is 8.88. The number of hydrogen-bond donors (Lipinski definition) is 1. The van der Waals surface area contributed by atoms with E-state index in [-0.39, 0.29) is 5.75 Å². The molecule has 3 heteroatoms. The summed E-state index contributed by atoms with van der Waals surface area (Å²) in [5.41, 5.74) is 0. The van der Waals surface area contributed by atoms with E-state index in [9.17, 15) is 0 Å². The Morgan fingerprint density at radius 1 is 1.71 bits per heavy atom. The largest absolute Gasteiger partial charge is 0.351 e. The minimum Gasteiger partial charge on any atom is -0.351 e. The van der Waals surface area contributed by atoms with Crippen molar-refractivity contribution < 1.29 is 4.55 Å². The maximum atomic E-state index is 8.88. The van der Waals surface area contributed by atoms with Gasteiger partial charge in [-0.1, -0.05) is 0 Å². The molecule has 0 aromatic rings. The Labute approximate surface area is 45.3 Å². The first-order chi connectivity index (χ1) is 3.06. The summed E-state index contributed by atoms with van der Waals surface area (Å²) in [5, 5.41) is 8.01. The lowest BCUT2D eigenvalue weighted by molar-refractivity contribution is 0.641. The predicted molar refractivity (Wildman–Crippen MR) is 32.5 cm³/mol. The Bertz CT molecular complexity index is 88.8. The molecule has 0 aromatic heterocycles. The number of rotatable bonds is 1. The highest BCUT2D eigenvalue weighted by Crippen LogP contribution is 2.32. The van der Waals surface area contributed by atoms with Gasteiger partial charge in [0, 0.05) is 0 Å². The zero-order chi connectivity index (χ0) is 5.91. The lowest BCUT2D eigenvalue weighted by Crippen LogP contribution is -1.95. The Hall–Kier alpha value is -0.200. The van der Waals surface area contributed by atoms with Gasteiger partial charge >= 0.3 is 0 Å². The summed E-state index contributed by atoms with van der Waals surface area (Å²) in [7, 11) is -1.54. The molecule has 0 heterocycles. The van der Waals surface area contributed by atoms with Gasteiger partial charge in [0.1, 0.15) is 0 Å². The van der Waals surface area contributed by atoms with Crippen molar-refractivity contribution in [3.05, 3.63) is 0 Å². The van der Waals surface area contributed by atoms with Crippen LogP contribution in [0, 0.1) is 11.3 Å². The first kappa shape index (κ1) is 6.80. The highest BCUT2D eigenvalue weighted by molar-refractivity contribution is 8.28. The molecule has 1 N–H and O–H groups in total. The summed E-state index contributed by atoms with van der Waals surface area (Å²) in [6.45, 7) is 0. The van der Waals surface area contributed by atoms with Gasteiger partial charge < -0.3 is 4.55 Å². The standard InChI is InChI=1S/C4H9NOS/c1-7(2,6)4-3-5/h6H,4H2,1-2H3. The van der Waals surface area contributed by atoms with Crippen LogP contribution in [0.3, 0.4) is 0 Å². The molecule has 0 aliphatic carbocycles. The Kier molecular flexibility index (Phi) is 2.13. The SMILES string of the molecule is CS(C)(O)CC#N. The Balaban J connectivity index is 3.40. The van der Waals surface area contributed by atoms with E-state index in [1.54, 1.807) is 12.5 Å². The minimum atomic E-state index is -1.54. The van der Waals surface area contributed by atoms with Crippen LogP contribution in [0.5, 0.6) is 0 Å². The Morgan fingerprint density at radius 2 is 2.14 bits per heavy atom. The van der Waals surface area contributed by atoms with Crippen LogP contribution < -0.4 is 0 Å². The van der Waals surface area contributed by atoms with E-state index in [2.05, 4.69) is 0 Å². The average molecular weight is 119 g/mol. The van der Waals surface area contributed by atoms with Gasteiger partial charge in [-0.2, -0.15) is 5.26 Å². The van der Waals surface area contributed by atoms with E-state index >= 15 is 0 Å². The molecule has 0 spiro atoms. The molecule has 0 saturated carbocycles. The monoisotopic (exact) mass is 119 g/mol. The van der Waals surface area contributed by atoms with Gasteiger partial charge in [0.2, 0.25) is 0 Å². The van der Waals surface area contributed by atoms with Crippen LogP contribution in [0.25, 0.3) is 0 Å². The summed E-state index contributed by atoms with van der Waals surface area (Å²) in [6.07, 6.45) is 3.38. The summed E-state index contributed by atoms with van der Waals surface area (Å²) in [4.78, 5) is 0. The van der Waals surface area contributed by atoms with Crippen molar-refractivity contribution in [2.45, 2.75) is 0 Å². The highest BCUT2D eigenvalue weighted by Gasteiger charge is 2.01. The number of nitriles is 1. The molecule has 0 fully saturated rings. The van der Waals surface area contributed by atoms with Crippen molar-refractivity contribution in [2.24, 2.45) is 0 Å². The third-order valence-corrected chi connectivity index (χ3v) is 1.25. The molecule has 0 amide bonds. The summed E-state index contributed by atoms with van der Waals surface area (Å²) in [5.74, 6) is 0.285. The van der Waals surface area contributed by atoms with Gasteiger partial charge in [0.05, 0.1) is 11.8 Å². The van der Waals surface area contributed by atoms with E-state index in [4.69, 9.17) is 9.81 Å². The van der Waals surface area contributed by atoms with Crippen molar-refractivity contribution >= 4 is 10.3 Å². The van der Waals surface area contributed by atoms with Crippen LogP contribution in [0.15, 0.2) is 0 Å². The molecule has 2 nitrogen and oxygen atoms in total. The molecule has 42 valence electrons.